The SMILES string of the molecule is C=C(C)C(=O)NCCC(C)N(C)C. The molecule has 0 saturated heterocycles. The molecule has 0 aromatic heterocycles. The van der Waals surface area contributed by atoms with Crippen molar-refractivity contribution in [1.82, 2.24) is 10.2 Å². The molecule has 0 saturated carbocycles. The third-order valence-corrected chi connectivity index (χ3v) is 2.12. The van der Waals surface area contributed by atoms with Crippen molar-refractivity contribution in [1.29, 1.82) is 0 Å². The van der Waals surface area contributed by atoms with E-state index < -0.39 is 0 Å². The molecule has 1 N–H and O–H groups in total. The van der Waals surface area contributed by atoms with Gasteiger partial charge in [0.2, 0.25) is 5.91 Å². The molecule has 0 aromatic rings. The Morgan fingerprint density at radius 2 is 2.08 bits per heavy atom. The van der Waals surface area contributed by atoms with E-state index in [2.05, 4.69) is 23.7 Å². The molecule has 0 aliphatic rings. The summed E-state index contributed by atoms with van der Waals surface area (Å²) in [5.41, 5.74) is 0.567. The van der Waals surface area contributed by atoms with Gasteiger partial charge >= 0.3 is 0 Å². The number of carbonyl (C=O) groups excluding carboxylic acids is 1. The lowest BCUT2D eigenvalue weighted by atomic mass is 10.2. The minimum atomic E-state index is -0.0500. The van der Waals surface area contributed by atoms with Crippen LogP contribution >= 0.6 is 0 Å². The highest BCUT2D eigenvalue weighted by Gasteiger charge is 2.05. The van der Waals surface area contributed by atoms with E-state index in [-0.39, 0.29) is 5.91 Å². The summed E-state index contributed by atoms with van der Waals surface area (Å²) in [6, 6.07) is 0.491. The molecule has 1 atom stereocenters. The lowest BCUT2D eigenvalue weighted by Crippen LogP contribution is -2.31. The van der Waals surface area contributed by atoms with Gasteiger partial charge in [0.1, 0.15) is 0 Å². The fourth-order valence-electron chi connectivity index (χ4n) is 0.804. The van der Waals surface area contributed by atoms with Crippen molar-refractivity contribution >= 4 is 5.91 Å². The van der Waals surface area contributed by atoms with E-state index in [4.69, 9.17) is 0 Å². The first kappa shape index (κ1) is 12.2. The Bertz CT molecular complexity index is 187. The third kappa shape index (κ3) is 5.42. The molecule has 0 bridgehead atoms. The minimum absolute atomic E-state index is 0.0500. The van der Waals surface area contributed by atoms with E-state index in [1.54, 1.807) is 6.92 Å². The van der Waals surface area contributed by atoms with Gasteiger partial charge in [0, 0.05) is 18.2 Å². The molecule has 13 heavy (non-hydrogen) atoms. The Labute approximate surface area is 80.8 Å². The fraction of sp³-hybridized carbons (Fsp3) is 0.700. The normalized spacial score (nSPS) is 12.7. The molecule has 0 spiro atoms. The Kier molecular flexibility index (Phi) is 5.39. The predicted molar refractivity (Wildman–Crippen MR) is 55.6 cm³/mol. The quantitative estimate of drug-likeness (QED) is 0.647. The van der Waals surface area contributed by atoms with Gasteiger partial charge in [-0.15, -0.1) is 0 Å². The second kappa shape index (κ2) is 5.75. The van der Waals surface area contributed by atoms with Crippen LogP contribution in [0, 0.1) is 0 Å². The van der Waals surface area contributed by atoms with E-state index in [1.807, 2.05) is 14.1 Å². The van der Waals surface area contributed by atoms with E-state index in [0.717, 1.165) is 6.42 Å². The molecule has 1 amide bonds. The molecule has 0 rings (SSSR count). The summed E-state index contributed by atoms with van der Waals surface area (Å²) in [5.74, 6) is -0.0500. The second-order valence-electron chi connectivity index (χ2n) is 3.64. The van der Waals surface area contributed by atoms with Gasteiger partial charge in [0.15, 0.2) is 0 Å². The van der Waals surface area contributed by atoms with Crippen LogP contribution in [0.15, 0.2) is 12.2 Å². The van der Waals surface area contributed by atoms with Gasteiger partial charge in [0.05, 0.1) is 0 Å². The maximum Gasteiger partial charge on any atom is 0.246 e. The molecule has 76 valence electrons. The Morgan fingerprint density at radius 1 is 1.54 bits per heavy atom. The Hall–Kier alpha value is -0.830. The maximum absolute atomic E-state index is 11.1. The third-order valence-electron chi connectivity index (χ3n) is 2.12. The molecule has 0 fully saturated rings. The predicted octanol–water partition coefficient (Wildman–Crippen LogP) is 1.02. The highest BCUT2D eigenvalue weighted by molar-refractivity contribution is 5.91. The van der Waals surface area contributed by atoms with E-state index in [9.17, 15) is 4.79 Å². The van der Waals surface area contributed by atoms with E-state index in [0.29, 0.717) is 18.2 Å². The number of hydrogen-bond acceptors (Lipinski definition) is 2. The highest BCUT2D eigenvalue weighted by Crippen LogP contribution is 1.96. The zero-order chi connectivity index (χ0) is 10.4. The number of rotatable bonds is 5. The van der Waals surface area contributed by atoms with Gasteiger partial charge < -0.3 is 10.2 Å². The first-order chi connectivity index (χ1) is 5.95. The topological polar surface area (TPSA) is 32.3 Å². The van der Waals surface area contributed by atoms with Gasteiger partial charge in [-0.2, -0.15) is 0 Å². The number of nitrogens with one attached hydrogen (secondary N) is 1. The van der Waals surface area contributed by atoms with Crippen LogP contribution < -0.4 is 5.32 Å². The van der Waals surface area contributed by atoms with Gasteiger partial charge in [-0.1, -0.05) is 6.58 Å². The van der Waals surface area contributed by atoms with Crippen molar-refractivity contribution in [2.45, 2.75) is 26.3 Å². The minimum Gasteiger partial charge on any atom is -0.352 e. The van der Waals surface area contributed by atoms with Gasteiger partial charge in [-0.3, -0.25) is 4.79 Å². The van der Waals surface area contributed by atoms with Crippen LogP contribution in [-0.4, -0.2) is 37.5 Å². The van der Waals surface area contributed by atoms with E-state index >= 15 is 0 Å². The first-order valence-corrected chi connectivity index (χ1v) is 4.55. The smallest absolute Gasteiger partial charge is 0.246 e. The van der Waals surface area contributed by atoms with Crippen LogP contribution in [-0.2, 0) is 4.79 Å². The molecule has 0 aliphatic heterocycles. The fourth-order valence-corrected chi connectivity index (χ4v) is 0.804. The molecular weight excluding hydrogens is 164 g/mol. The molecule has 3 nitrogen and oxygen atoms in total. The van der Waals surface area contributed by atoms with Crippen LogP contribution in [0.5, 0.6) is 0 Å². The summed E-state index contributed by atoms with van der Waals surface area (Å²) in [5, 5.41) is 2.80. The standard InChI is InChI=1S/C10H20N2O/c1-8(2)10(13)11-7-6-9(3)12(4)5/h9H,1,6-7H2,2-5H3,(H,11,13). The monoisotopic (exact) mass is 184 g/mol. The summed E-state index contributed by atoms with van der Waals surface area (Å²) in [7, 11) is 4.07. The first-order valence-electron chi connectivity index (χ1n) is 4.55. The van der Waals surface area contributed by atoms with Crippen LogP contribution in [0.2, 0.25) is 0 Å². The molecule has 3 heteroatoms. The van der Waals surface area contributed by atoms with Crippen molar-refractivity contribution < 1.29 is 4.79 Å². The number of amides is 1. The van der Waals surface area contributed by atoms with Gasteiger partial charge in [0.25, 0.3) is 0 Å². The summed E-state index contributed by atoms with van der Waals surface area (Å²) >= 11 is 0. The molecule has 1 unspecified atom stereocenters. The molecule has 0 aliphatic carbocycles. The summed E-state index contributed by atoms with van der Waals surface area (Å²) in [6.07, 6.45) is 0.964. The van der Waals surface area contributed by atoms with Crippen LogP contribution in [0.25, 0.3) is 0 Å². The molecule has 0 aromatic carbocycles. The second-order valence-corrected chi connectivity index (χ2v) is 3.64. The number of nitrogens with zero attached hydrogens (tertiary/aromatic N) is 1. The number of carbonyl (C=O) groups is 1. The van der Waals surface area contributed by atoms with Gasteiger partial charge in [-0.25, -0.2) is 0 Å². The average Bonchev–Trinajstić information content (AvgIpc) is 2.03. The number of hydrogen-bond donors (Lipinski definition) is 1. The summed E-state index contributed by atoms with van der Waals surface area (Å²) in [6.45, 7) is 8.12. The summed E-state index contributed by atoms with van der Waals surface area (Å²) in [4.78, 5) is 13.2. The largest absolute Gasteiger partial charge is 0.352 e. The Morgan fingerprint density at radius 3 is 2.46 bits per heavy atom. The molecule has 0 radical (unpaired) electrons. The van der Waals surface area contributed by atoms with Crippen molar-refractivity contribution in [2.75, 3.05) is 20.6 Å². The van der Waals surface area contributed by atoms with Crippen LogP contribution in [0.3, 0.4) is 0 Å². The lowest BCUT2D eigenvalue weighted by molar-refractivity contribution is -0.117. The Balaban J connectivity index is 3.56. The molecular formula is C10H20N2O. The highest BCUT2D eigenvalue weighted by atomic mass is 16.1. The summed E-state index contributed by atoms with van der Waals surface area (Å²) < 4.78 is 0. The molecule has 0 heterocycles. The average molecular weight is 184 g/mol. The lowest BCUT2D eigenvalue weighted by Gasteiger charge is -2.19. The maximum atomic E-state index is 11.1. The van der Waals surface area contributed by atoms with Crippen molar-refractivity contribution in [2.24, 2.45) is 0 Å². The van der Waals surface area contributed by atoms with Crippen LogP contribution in [0.4, 0.5) is 0 Å². The van der Waals surface area contributed by atoms with Crippen molar-refractivity contribution in [3.05, 3.63) is 12.2 Å². The zero-order valence-corrected chi connectivity index (χ0v) is 9.05. The van der Waals surface area contributed by atoms with Crippen molar-refractivity contribution in [3.8, 4) is 0 Å². The van der Waals surface area contributed by atoms with Crippen molar-refractivity contribution in [3.63, 3.8) is 0 Å². The van der Waals surface area contributed by atoms with E-state index in [1.165, 1.54) is 0 Å². The van der Waals surface area contributed by atoms with Gasteiger partial charge in [-0.05, 0) is 34.4 Å². The zero-order valence-electron chi connectivity index (χ0n) is 9.05. The van der Waals surface area contributed by atoms with Crippen LogP contribution in [0.1, 0.15) is 20.3 Å².